The first-order valence-corrected chi connectivity index (χ1v) is 5.85. The number of hydrogen-bond donors (Lipinski definition) is 2. The van der Waals surface area contributed by atoms with Gasteiger partial charge in [0.25, 0.3) is 5.91 Å². The molecule has 5 heteroatoms. The van der Waals surface area contributed by atoms with Gasteiger partial charge in [0, 0.05) is 12.6 Å². The number of hydrogen-bond acceptors (Lipinski definition) is 4. The van der Waals surface area contributed by atoms with Crippen LogP contribution in [-0.2, 0) is 0 Å². The first-order valence-electron chi connectivity index (χ1n) is 4.97. The fourth-order valence-electron chi connectivity index (χ4n) is 1.28. The van der Waals surface area contributed by atoms with E-state index >= 15 is 0 Å². The highest BCUT2D eigenvalue weighted by molar-refractivity contribution is 7.11. The van der Waals surface area contributed by atoms with Crippen LogP contribution < -0.4 is 5.32 Å². The molecule has 1 rings (SSSR count). The molecule has 1 heterocycles. The van der Waals surface area contributed by atoms with Crippen molar-refractivity contribution in [2.45, 2.75) is 32.7 Å². The van der Waals surface area contributed by atoms with E-state index in [0.717, 1.165) is 12.1 Å². The fourth-order valence-corrected chi connectivity index (χ4v) is 1.98. The molecule has 0 aliphatic carbocycles. The van der Waals surface area contributed by atoms with Gasteiger partial charge in [0.05, 0.1) is 11.2 Å². The van der Waals surface area contributed by atoms with Crippen molar-refractivity contribution >= 4 is 17.2 Å². The zero-order valence-electron chi connectivity index (χ0n) is 8.99. The van der Waals surface area contributed by atoms with Gasteiger partial charge in [-0.2, -0.15) is 0 Å². The number of aliphatic hydroxyl groups is 1. The average molecular weight is 228 g/mol. The standard InChI is InChI=1S/C10H16N2O2S/c1-7(4-3-5-13)12-10(14)9-8(2)11-6-15-9/h6-7,13H,3-5H2,1-2H3,(H,12,14). The van der Waals surface area contributed by atoms with Crippen LogP contribution in [-0.4, -0.2) is 28.6 Å². The Bertz CT molecular complexity index is 325. The van der Waals surface area contributed by atoms with E-state index in [1.165, 1.54) is 11.3 Å². The van der Waals surface area contributed by atoms with E-state index in [9.17, 15) is 4.79 Å². The van der Waals surface area contributed by atoms with Gasteiger partial charge in [-0.15, -0.1) is 11.3 Å². The molecule has 0 aliphatic heterocycles. The van der Waals surface area contributed by atoms with Crippen LogP contribution in [0.3, 0.4) is 0 Å². The summed E-state index contributed by atoms with van der Waals surface area (Å²) in [6.45, 7) is 3.92. The second kappa shape index (κ2) is 5.82. The van der Waals surface area contributed by atoms with E-state index < -0.39 is 0 Å². The van der Waals surface area contributed by atoms with Crippen molar-refractivity contribution in [2.75, 3.05) is 6.61 Å². The highest BCUT2D eigenvalue weighted by Gasteiger charge is 2.13. The summed E-state index contributed by atoms with van der Waals surface area (Å²) in [4.78, 5) is 16.4. The van der Waals surface area contributed by atoms with Crippen molar-refractivity contribution in [3.8, 4) is 0 Å². The lowest BCUT2D eigenvalue weighted by molar-refractivity contribution is 0.0939. The fraction of sp³-hybridized carbons (Fsp3) is 0.600. The Hall–Kier alpha value is -0.940. The van der Waals surface area contributed by atoms with Crippen LogP contribution in [0.15, 0.2) is 5.51 Å². The molecule has 1 unspecified atom stereocenters. The number of nitrogens with zero attached hydrogens (tertiary/aromatic N) is 1. The summed E-state index contributed by atoms with van der Waals surface area (Å²) in [5.41, 5.74) is 2.44. The van der Waals surface area contributed by atoms with E-state index in [2.05, 4.69) is 10.3 Å². The van der Waals surface area contributed by atoms with Gasteiger partial charge < -0.3 is 10.4 Å². The van der Waals surface area contributed by atoms with Crippen LogP contribution in [0.5, 0.6) is 0 Å². The first-order chi connectivity index (χ1) is 7.15. The quantitative estimate of drug-likeness (QED) is 0.799. The zero-order valence-corrected chi connectivity index (χ0v) is 9.80. The maximum atomic E-state index is 11.7. The van der Waals surface area contributed by atoms with Crippen LogP contribution in [0.25, 0.3) is 0 Å². The third-order valence-corrected chi connectivity index (χ3v) is 3.05. The summed E-state index contributed by atoms with van der Waals surface area (Å²) < 4.78 is 0. The van der Waals surface area contributed by atoms with E-state index in [1.54, 1.807) is 5.51 Å². The molecule has 1 atom stereocenters. The van der Waals surface area contributed by atoms with Crippen molar-refractivity contribution in [2.24, 2.45) is 0 Å². The summed E-state index contributed by atoms with van der Waals surface area (Å²) in [5, 5.41) is 11.5. The van der Waals surface area contributed by atoms with Crippen LogP contribution in [0.1, 0.15) is 35.1 Å². The Kier molecular flexibility index (Phi) is 4.71. The summed E-state index contributed by atoms with van der Waals surface area (Å²) >= 11 is 1.35. The molecule has 0 fully saturated rings. The number of amides is 1. The van der Waals surface area contributed by atoms with Crippen molar-refractivity contribution < 1.29 is 9.90 Å². The number of aryl methyl sites for hydroxylation is 1. The molecule has 2 N–H and O–H groups in total. The van der Waals surface area contributed by atoms with Gasteiger partial charge in [-0.25, -0.2) is 4.98 Å². The van der Waals surface area contributed by atoms with Gasteiger partial charge in [-0.3, -0.25) is 4.79 Å². The molecule has 0 saturated carbocycles. The third kappa shape index (κ3) is 3.60. The number of aliphatic hydroxyl groups excluding tert-OH is 1. The minimum absolute atomic E-state index is 0.0690. The summed E-state index contributed by atoms with van der Waals surface area (Å²) in [5.74, 6) is -0.0690. The molecule has 15 heavy (non-hydrogen) atoms. The van der Waals surface area contributed by atoms with Gasteiger partial charge in [0.2, 0.25) is 0 Å². The minimum atomic E-state index is -0.0690. The number of rotatable bonds is 5. The number of thiazole rings is 1. The van der Waals surface area contributed by atoms with Crippen molar-refractivity contribution in [1.29, 1.82) is 0 Å². The topological polar surface area (TPSA) is 62.2 Å². The molecule has 4 nitrogen and oxygen atoms in total. The second-order valence-corrected chi connectivity index (χ2v) is 4.36. The summed E-state index contributed by atoms with van der Waals surface area (Å²) in [6.07, 6.45) is 1.50. The maximum Gasteiger partial charge on any atom is 0.263 e. The number of carbonyl (C=O) groups excluding carboxylic acids is 1. The Morgan fingerprint density at radius 3 is 3.00 bits per heavy atom. The lowest BCUT2D eigenvalue weighted by atomic mass is 10.2. The smallest absolute Gasteiger partial charge is 0.263 e. The zero-order chi connectivity index (χ0) is 11.3. The van der Waals surface area contributed by atoms with Gasteiger partial charge in [-0.1, -0.05) is 0 Å². The van der Waals surface area contributed by atoms with Gasteiger partial charge in [0.1, 0.15) is 4.88 Å². The Morgan fingerprint density at radius 1 is 1.73 bits per heavy atom. The van der Waals surface area contributed by atoms with E-state index in [4.69, 9.17) is 5.11 Å². The predicted molar refractivity (Wildman–Crippen MR) is 60.1 cm³/mol. The van der Waals surface area contributed by atoms with Gasteiger partial charge in [0.15, 0.2) is 0 Å². The molecule has 0 aliphatic rings. The predicted octanol–water partition coefficient (Wildman–Crippen LogP) is 1.34. The van der Waals surface area contributed by atoms with Crippen LogP contribution in [0.2, 0.25) is 0 Å². The highest BCUT2D eigenvalue weighted by Crippen LogP contribution is 2.12. The van der Waals surface area contributed by atoms with Crippen LogP contribution >= 0.6 is 11.3 Å². The lowest BCUT2D eigenvalue weighted by Crippen LogP contribution is -2.32. The monoisotopic (exact) mass is 228 g/mol. The number of aromatic nitrogens is 1. The van der Waals surface area contributed by atoms with Crippen LogP contribution in [0.4, 0.5) is 0 Å². The number of nitrogens with one attached hydrogen (secondary N) is 1. The lowest BCUT2D eigenvalue weighted by Gasteiger charge is -2.12. The van der Waals surface area contributed by atoms with Crippen LogP contribution in [0, 0.1) is 6.92 Å². The van der Waals surface area contributed by atoms with Crippen molar-refractivity contribution in [1.82, 2.24) is 10.3 Å². The van der Waals surface area contributed by atoms with E-state index in [-0.39, 0.29) is 18.6 Å². The molecule has 1 amide bonds. The molecular weight excluding hydrogens is 212 g/mol. The SMILES string of the molecule is Cc1ncsc1C(=O)NC(C)CCCO. The summed E-state index contributed by atoms with van der Waals surface area (Å²) in [6, 6.07) is 0.0890. The van der Waals surface area contributed by atoms with Crippen molar-refractivity contribution in [3.05, 3.63) is 16.1 Å². The number of carbonyl (C=O) groups is 1. The molecule has 0 aromatic carbocycles. The Labute approximate surface area is 93.4 Å². The normalized spacial score (nSPS) is 12.5. The molecule has 0 radical (unpaired) electrons. The van der Waals surface area contributed by atoms with Gasteiger partial charge in [-0.05, 0) is 26.7 Å². The highest BCUT2D eigenvalue weighted by atomic mass is 32.1. The molecule has 84 valence electrons. The largest absolute Gasteiger partial charge is 0.396 e. The molecule has 0 bridgehead atoms. The van der Waals surface area contributed by atoms with Gasteiger partial charge >= 0.3 is 0 Å². The molecule has 1 aromatic rings. The molecule has 0 saturated heterocycles. The average Bonchev–Trinajstić information content (AvgIpc) is 2.61. The molecule has 0 spiro atoms. The van der Waals surface area contributed by atoms with E-state index in [0.29, 0.717) is 11.3 Å². The van der Waals surface area contributed by atoms with Crippen molar-refractivity contribution in [3.63, 3.8) is 0 Å². The second-order valence-electron chi connectivity index (χ2n) is 3.51. The molecule has 1 aromatic heterocycles. The maximum absolute atomic E-state index is 11.7. The third-order valence-electron chi connectivity index (χ3n) is 2.12. The molecular formula is C10H16N2O2S. The van der Waals surface area contributed by atoms with E-state index in [1.807, 2.05) is 13.8 Å². The summed E-state index contributed by atoms with van der Waals surface area (Å²) in [7, 11) is 0. The Balaban J connectivity index is 2.46. The minimum Gasteiger partial charge on any atom is -0.396 e. The first kappa shape index (κ1) is 12.1. The Morgan fingerprint density at radius 2 is 2.47 bits per heavy atom.